The Bertz CT molecular complexity index is 964. The predicted octanol–water partition coefficient (Wildman–Crippen LogP) is 3.20. The van der Waals surface area contributed by atoms with E-state index in [1.807, 2.05) is 29.2 Å². The molecule has 1 fully saturated rings. The van der Waals surface area contributed by atoms with Crippen molar-refractivity contribution in [2.24, 2.45) is 0 Å². The van der Waals surface area contributed by atoms with Crippen molar-refractivity contribution < 1.29 is 9.53 Å². The lowest BCUT2D eigenvalue weighted by atomic mass is 10.1. The summed E-state index contributed by atoms with van der Waals surface area (Å²) in [7, 11) is 1.52. The van der Waals surface area contributed by atoms with Crippen LogP contribution in [0.15, 0.2) is 35.1 Å². The molecular weight excluding hydrogens is 390 g/mol. The molecule has 6 nitrogen and oxygen atoms in total. The molecule has 7 heteroatoms. The maximum absolute atomic E-state index is 13.5. The van der Waals surface area contributed by atoms with E-state index in [4.69, 9.17) is 16.3 Å². The Balaban J connectivity index is 1.58. The van der Waals surface area contributed by atoms with Gasteiger partial charge in [0.2, 0.25) is 0 Å². The topological polar surface area (TPSA) is 54.8 Å². The fourth-order valence-electron chi connectivity index (χ4n) is 4.31. The van der Waals surface area contributed by atoms with E-state index in [0.717, 1.165) is 50.2 Å². The van der Waals surface area contributed by atoms with Crippen LogP contribution in [0.2, 0.25) is 5.02 Å². The Morgan fingerprint density at radius 3 is 2.55 bits per heavy atom. The first kappa shape index (κ1) is 19.8. The van der Waals surface area contributed by atoms with E-state index in [0.29, 0.717) is 36.0 Å². The maximum Gasteiger partial charge on any atom is 0.259 e. The highest BCUT2D eigenvalue weighted by molar-refractivity contribution is 6.30. The van der Waals surface area contributed by atoms with Crippen molar-refractivity contribution in [2.75, 3.05) is 38.2 Å². The van der Waals surface area contributed by atoms with E-state index in [2.05, 4.69) is 4.90 Å². The zero-order valence-electron chi connectivity index (χ0n) is 16.7. The highest BCUT2D eigenvalue weighted by atomic mass is 35.5. The van der Waals surface area contributed by atoms with Crippen LogP contribution in [0.1, 0.15) is 35.3 Å². The number of pyridine rings is 1. The molecule has 29 heavy (non-hydrogen) atoms. The Morgan fingerprint density at radius 2 is 1.83 bits per heavy atom. The van der Waals surface area contributed by atoms with Crippen LogP contribution >= 0.6 is 11.6 Å². The number of anilines is 1. The lowest BCUT2D eigenvalue weighted by Crippen LogP contribution is -2.49. The molecule has 3 heterocycles. The Morgan fingerprint density at radius 1 is 1.03 bits per heavy atom. The Hall–Kier alpha value is -2.47. The molecule has 154 valence electrons. The normalized spacial score (nSPS) is 16.9. The number of methoxy groups -OCH3 is 1. The SMILES string of the molecule is COc1cc(=O)n2c(c1C(=O)N1CCN(c3cccc(Cl)c3)CC1)CCCCC2. The van der Waals surface area contributed by atoms with Crippen molar-refractivity contribution in [2.45, 2.75) is 32.2 Å². The minimum atomic E-state index is -0.0823. The molecule has 4 rings (SSSR count). The zero-order valence-corrected chi connectivity index (χ0v) is 17.5. The van der Waals surface area contributed by atoms with E-state index in [-0.39, 0.29) is 11.5 Å². The van der Waals surface area contributed by atoms with Crippen LogP contribution in [-0.4, -0.2) is 48.7 Å². The molecule has 0 unspecified atom stereocenters. The summed E-state index contributed by atoms with van der Waals surface area (Å²) < 4.78 is 7.23. The van der Waals surface area contributed by atoms with Gasteiger partial charge in [0.1, 0.15) is 11.3 Å². The lowest BCUT2D eigenvalue weighted by Gasteiger charge is -2.36. The van der Waals surface area contributed by atoms with Gasteiger partial charge in [-0.15, -0.1) is 0 Å². The highest BCUT2D eigenvalue weighted by Crippen LogP contribution is 2.27. The summed E-state index contributed by atoms with van der Waals surface area (Å²) in [4.78, 5) is 30.1. The van der Waals surface area contributed by atoms with E-state index in [1.54, 1.807) is 4.57 Å². The number of hydrogen-bond acceptors (Lipinski definition) is 4. The van der Waals surface area contributed by atoms with Crippen LogP contribution in [0.25, 0.3) is 0 Å². The first-order chi connectivity index (χ1) is 14.1. The standard InChI is InChI=1S/C22H26ClN3O3/c1-29-19-15-20(27)26-9-4-2-3-8-18(26)21(19)22(28)25-12-10-24(11-13-25)17-7-5-6-16(23)14-17/h5-7,14-15H,2-4,8-13H2,1H3. The number of carbonyl (C=O) groups excluding carboxylic acids is 1. The molecule has 1 aromatic heterocycles. The smallest absolute Gasteiger partial charge is 0.259 e. The van der Waals surface area contributed by atoms with Crippen molar-refractivity contribution >= 4 is 23.2 Å². The molecule has 1 saturated heterocycles. The number of carbonyl (C=O) groups is 1. The number of piperazine rings is 1. The van der Waals surface area contributed by atoms with Crippen molar-refractivity contribution in [3.63, 3.8) is 0 Å². The minimum Gasteiger partial charge on any atom is -0.496 e. The average Bonchev–Trinajstić information content (AvgIpc) is 3.00. The van der Waals surface area contributed by atoms with Crippen molar-refractivity contribution in [1.82, 2.24) is 9.47 Å². The van der Waals surface area contributed by atoms with Crippen LogP contribution in [-0.2, 0) is 13.0 Å². The van der Waals surface area contributed by atoms with Crippen LogP contribution in [0.5, 0.6) is 5.75 Å². The third kappa shape index (κ3) is 3.99. The van der Waals surface area contributed by atoms with Gasteiger partial charge in [0.15, 0.2) is 0 Å². The average molecular weight is 416 g/mol. The van der Waals surface area contributed by atoms with Gasteiger partial charge >= 0.3 is 0 Å². The van der Waals surface area contributed by atoms with Crippen LogP contribution in [0.4, 0.5) is 5.69 Å². The predicted molar refractivity (Wildman–Crippen MR) is 114 cm³/mol. The van der Waals surface area contributed by atoms with Gasteiger partial charge in [-0.3, -0.25) is 9.59 Å². The molecule has 2 aliphatic heterocycles. The lowest BCUT2D eigenvalue weighted by molar-refractivity contribution is 0.0741. The van der Waals surface area contributed by atoms with Gasteiger partial charge in [0.25, 0.3) is 11.5 Å². The molecule has 2 aliphatic rings. The first-order valence-corrected chi connectivity index (χ1v) is 10.6. The van der Waals surface area contributed by atoms with Gasteiger partial charge in [-0.2, -0.15) is 0 Å². The number of halogens is 1. The number of ether oxygens (including phenoxy) is 1. The van der Waals surface area contributed by atoms with Gasteiger partial charge in [-0.1, -0.05) is 24.1 Å². The second-order valence-electron chi connectivity index (χ2n) is 7.59. The third-order valence-electron chi connectivity index (χ3n) is 5.85. The first-order valence-electron chi connectivity index (χ1n) is 10.2. The van der Waals surface area contributed by atoms with Gasteiger partial charge in [-0.05, 0) is 37.5 Å². The van der Waals surface area contributed by atoms with Gasteiger partial charge in [0.05, 0.1) is 7.11 Å². The molecule has 0 aliphatic carbocycles. The maximum atomic E-state index is 13.5. The quantitative estimate of drug-likeness (QED) is 0.772. The largest absolute Gasteiger partial charge is 0.496 e. The van der Waals surface area contributed by atoms with E-state index in [1.165, 1.54) is 13.2 Å². The fourth-order valence-corrected chi connectivity index (χ4v) is 4.49. The minimum absolute atomic E-state index is 0.0433. The molecule has 0 atom stereocenters. The second-order valence-corrected chi connectivity index (χ2v) is 8.03. The molecule has 0 radical (unpaired) electrons. The zero-order chi connectivity index (χ0) is 20.4. The van der Waals surface area contributed by atoms with E-state index >= 15 is 0 Å². The fraction of sp³-hybridized carbons (Fsp3) is 0.455. The van der Waals surface area contributed by atoms with Gasteiger partial charge in [0, 0.05) is 55.2 Å². The summed E-state index contributed by atoms with van der Waals surface area (Å²) in [5.74, 6) is 0.351. The highest BCUT2D eigenvalue weighted by Gasteiger charge is 2.29. The van der Waals surface area contributed by atoms with Crippen LogP contribution in [0, 0.1) is 0 Å². The summed E-state index contributed by atoms with van der Waals surface area (Å²) in [5.41, 5.74) is 2.38. The molecular formula is C22H26ClN3O3. The molecule has 1 aromatic carbocycles. The molecule has 2 aromatic rings. The molecule has 0 saturated carbocycles. The van der Waals surface area contributed by atoms with Crippen molar-refractivity contribution in [3.05, 3.63) is 57.0 Å². The van der Waals surface area contributed by atoms with E-state index < -0.39 is 0 Å². The number of nitrogens with zero attached hydrogens (tertiary/aromatic N) is 3. The monoisotopic (exact) mass is 415 g/mol. The van der Waals surface area contributed by atoms with Crippen LogP contribution < -0.4 is 15.2 Å². The number of amides is 1. The number of rotatable bonds is 3. The second kappa shape index (κ2) is 8.49. The molecule has 0 spiro atoms. The third-order valence-corrected chi connectivity index (χ3v) is 6.09. The Labute approximate surface area is 175 Å². The number of aromatic nitrogens is 1. The Kier molecular flexibility index (Phi) is 5.81. The summed E-state index contributed by atoms with van der Waals surface area (Å²) in [5, 5.41) is 0.711. The summed E-state index contributed by atoms with van der Waals surface area (Å²) in [6.45, 7) is 3.38. The molecule has 1 amide bonds. The van der Waals surface area contributed by atoms with Gasteiger partial charge in [-0.25, -0.2) is 0 Å². The number of benzene rings is 1. The molecule has 0 N–H and O–H groups in total. The number of hydrogen-bond donors (Lipinski definition) is 0. The summed E-state index contributed by atoms with van der Waals surface area (Å²) in [6.07, 6.45) is 3.74. The molecule has 0 bridgehead atoms. The number of fused-ring (bicyclic) bond motifs is 1. The van der Waals surface area contributed by atoms with Crippen LogP contribution in [0.3, 0.4) is 0 Å². The van der Waals surface area contributed by atoms with Gasteiger partial charge < -0.3 is 19.1 Å². The van der Waals surface area contributed by atoms with Crippen molar-refractivity contribution in [1.29, 1.82) is 0 Å². The summed E-state index contributed by atoms with van der Waals surface area (Å²) in [6, 6.07) is 9.25. The van der Waals surface area contributed by atoms with E-state index in [9.17, 15) is 9.59 Å². The summed E-state index contributed by atoms with van der Waals surface area (Å²) >= 11 is 6.12. The van der Waals surface area contributed by atoms with Crippen molar-refractivity contribution in [3.8, 4) is 5.75 Å².